The molecule has 1 aliphatic rings. The van der Waals surface area contributed by atoms with Crippen molar-refractivity contribution in [3.05, 3.63) is 35.8 Å². The molecular formula is C17H20N4O2. The van der Waals surface area contributed by atoms with Crippen LogP contribution < -0.4 is 4.90 Å². The minimum Gasteiger partial charge on any atom is -0.481 e. The number of aryl methyl sites for hydroxylation is 1. The number of anilines is 1. The Hall–Kier alpha value is -2.50. The standard InChI is InChI=1S/C17H20N4O2/c1-11-12(2)19-16(14-3-6-18-7-4-14)20-17(11)21-8-5-13(10-21)9-15(22)23/h3-4,6-7,13H,5,8-10H2,1-2H3,(H,22,23). The number of pyridine rings is 1. The van der Waals surface area contributed by atoms with E-state index in [0.717, 1.165) is 42.1 Å². The van der Waals surface area contributed by atoms with Gasteiger partial charge in [-0.25, -0.2) is 9.97 Å². The van der Waals surface area contributed by atoms with Crippen LogP contribution in [-0.4, -0.2) is 39.1 Å². The SMILES string of the molecule is Cc1nc(-c2ccncc2)nc(N2CCC(CC(=O)O)C2)c1C. The van der Waals surface area contributed by atoms with Crippen LogP contribution in [0.1, 0.15) is 24.1 Å². The number of aromatic nitrogens is 3. The van der Waals surface area contributed by atoms with Gasteiger partial charge in [-0.2, -0.15) is 0 Å². The first-order valence-electron chi connectivity index (χ1n) is 7.77. The highest BCUT2D eigenvalue weighted by atomic mass is 16.4. The largest absolute Gasteiger partial charge is 0.481 e. The van der Waals surface area contributed by atoms with Gasteiger partial charge in [-0.1, -0.05) is 0 Å². The maximum atomic E-state index is 10.9. The lowest BCUT2D eigenvalue weighted by atomic mass is 10.1. The van der Waals surface area contributed by atoms with Crippen molar-refractivity contribution in [2.45, 2.75) is 26.7 Å². The fraction of sp³-hybridized carbons (Fsp3) is 0.412. The summed E-state index contributed by atoms with van der Waals surface area (Å²) >= 11 is 0. The van der Waals surface area contributed by atoms with Gasteiger partial charge in [-0.05, 0) is 38.3 Å². The van der Waals surface area contributed by atoms with Crippen LogP contribution in [0.3, 0.4) is 0 Å². The molecule has 2 aromatic rings. The van der Waals surface area contributed by atoms with Crippen molar-refractivity contribution in [1.29, 1.82) is 0 Å². The van der Waals surface area contributed by atoms with Crippen LogP contribution in [0.2, 0.25) is 0 Å². The predicted molar refractivity (Wildman–Crippen MR) is 87.3 cm³/mol. The van der Waals surface area contributed by atoms with Gasteiger partial charge in [0.1, 0.15) is 5.82 Å². The van der Waals surface area contributed by atoms with Crippen LogP contribution in [0.15, 0.2) is 24.5 Å². The molecule has 1 aliphatic heterocycles. The van der Waals surface area contributed by atoms with Crippen molar-refractivity contribution in [1.82, 2.24) is 15.0 Å². The predicted octanol–water partition coefficient (Wildman–Crippen LogP) is 2.46. The van der Waals surface area contributed by atoms with Crippen molar-refractivity contribution in [2.75, 3.05) is 18.0 Å². The molecule has 1 N–H and O–H groups in total. The van der Waals surface area contributed by atoms with E-state index in [4.69, 9.17) is 10.1 Å². The Balaban J connectivity index is 1.90. The first kappa shape index (κ1) is 15.4. The summed E-state index contributed by atoms with van der Waals surface area (Å²) in [6.45, 7) is 5.58. The van der Waals surface area contributed by atoms with Crippen LogP contribution in [0, 0.1) is 19.8 Å². The van der Waals surface area contributed by atoms with Crippen molar-refractivity contribution in [3.8, 4) is 11.4 Å². The Morgan fingerprint density at radius 2 is 2.04 bits per heavy atom. The fourth-order valence-electron chi connectivity index (χ4n) is 2.99. The van der Waals surface area contributed by atoms with Gasteiger partial charge in [0.05, 0.1) is 0 Å². The Morgan fingerprint density at radius 3 is 2.74 bits per heavy atom. The normalized spacial score (nSPS) is 17.5. The maximum Gasteiger partial charge on any atom is 0.303 e. The average Bonchev–Trinajstić information content (AvgIpc) is 2.98. The molecule has 0 amide bonds. The molecule has 6 nitrogen and oxygen atoms in total. The Kier molecular flexibility index (Phi) is 4.23. The number of carbonyl (C=O) groups is 1. The average molecular weight is 312 g/mol. The van der Waals surface area contributed by atoms with E-state index >= 15 is 0 Å². The molecule has 0 aromatic carbocycles. The molecule has 3 heterocycles. The Morgan fingerprint density at radius 1 is 1.30 bits per heavy atom. The van der Waals surface area contributed by atoms with Gasteiger partial charge in [-0.3, -0.25) is 9.78 Å². The highest BCUT2D eigenvalue weighted by molar-refractivity contribution is 5.67. The van der Waals surface area contributed by atoms with Gasteiger partial charge in [0, 0.05) is 48.7 Å². The van der Waals surface area contributed by atoms with Crippen LogP contribution >= 0.6 is 0 Å². The van der Waals surface area contributed by atoms with Crippen molar-refractivity contribution < 1.29 is 9.90 Å². The van der Waals surface area contributed by atoms with Crippen LogP contribution in [0.5, 0.6) is 0 Å². The topological polar surface area (TPSA) is 79.2 Å². The second kappa shape index (κ2) is 6.32. The number of aliphatic carboxylic acids is 1. The highest BCUT2D eigenvalue weighted by Crippen LogP contribution is 2.29. The molecule has 6 heteroatoms. The minimum absolute atomic E-state index is 0.187. The zero-order valence-electron chi connectivity index (χ0n) is 13.4. The third kappa shape index (κ3) is 3.31. The van der Waals surface area contributed by atoms with E-state index in [0.29, 0.717) is 5.82 Å². The number of carboxylic acids is 1. The molecule has 120 valence electrons. The lowest BCUT2D eigenvalue weighted by Gasteiger charge is -2.21. The fourth-order valence-corrected chi connectivity index (χ4v) is 2.99. The molecule has 1 fully saturated rings. The smallest absolute Gasteiger partial charge is 0.303 e. The zero-order chi connectivity index (χ0) is 16.4. The van der Waals surface area contributed by atoms with E-state index in [-0.39, 0.29) is 12.3 Å². The number of carboxylic acid groups (broad SMARTS) is 1. The maximum absolute atomic E-state index is 10.9. The van der Waals surface area contributed by atoms with E-state index in [2.05, 4.69) is 14.9 Å². The third-order valence-corrected chi connectivity index (χ3v) is 4.35. The molecule has 3 rings (SSSR count). The minimum atomic E-state index is -0.732. The van der Waals surface area contributed by atoms with Crippen LogP contribution in [-0.2, 0) is 4.79 Å². The Labute approximate surface area is 135 Å². The lowest BCUT2D eigenvalue weighted by molar-refractivity contribution is -0.137. The number of rotatable bonds is 4. The quantitative estimate of drug-likeness (QED) is 0.934. The van der Waals surface area contributed by atoms with Gasteiger partial charge < -0.3 is 10.0 Å². The van der Waals surface area contributed by atoms with Gasteiger partial charge in [0.25, 0.3) is 0 Å². The summed E-state index contributed by atoms with van der Waals surface area (Å²) in [5.41, 5.74) is 2.94. The number of nitrogens with zero attached hydrogens (tertiary/aromatic N) is 4. The van der Waals surface area contributed by atoms with Crippen LogP contribution in [0.4, 0.5) is 5.82 Å². The van der Waals surface area contributed by atoms with E-state index < -0.39 is 5.97 Å². The number of hydrogen-bond acceptors (Lipinski definition) is 5. The molecule has 1 atom stereocenters. The molecule has 0 spiro atoms. The molecule has 2 aromatic heterocycles. The van der Waals surface area contributed by atoms with Crippen molar-refractivity contribution in [2.24, 2.45) is 5.92 Å². The summed E-state index contributed by atoms with van der Waals surface area (Å²) < 4.78 is 0. The third-order valence-electron chi connectivity index (χ3n) is 4.35. The van der Waals surface area contributed by atoms with Crippen molar-refractivity contribution in [3.63, 3.8) is 0 Å². The van der Waals surface area contributed by atoms with E-state index in [9.17, 15) is 4.79 Å². The summed E-state index contributed by atoms with van der Waals surface area (Å²) in [5.74, 6) is 1.06. The van der Waals surface area contributed by atoms with Gasteiger partial charge in [-0.15, -0.1) is 0 Å². The second-order valence-electron chi connectivity index (χ2n) is 6.02. The zero-order valence-corrected chi connectivity index (χ0v) is 13.4. The lowest BCUT2D eigenvalue weighted by Crippen LogP contribution is -2.23. The Bertz CT molecular complexity index is 718. The van der Waals surface area contributed by atoms with Crippen molar-refractivity contribution >= 4 is 11.8 Å². The van der Waals surface area contributed by atoms with E-state index in [1.54, 1.807) is 12.4 Å². The van der Waals surface area contributed by atoms with Gasteiger partial charge in [0.15, 0.2) is 5.82 Å². The second-order valence-corrected chi connectivity index (χ2v) is 6.02. The van der Waals surface area contributed by atoms with Gasteiger partial charge in [0.2, 0.25) is 0 Å². The summed E-state index contributed by atoms with van der Waals surface area (Å²) in [6, 6.07) is 3.79. The first-order valence-corrected chi connectivity index (χ1v) is 7.77. The van der Waals surface area contributed by atoms with Gasteiger partial charge >= 0.3 is 5.97 Å². The molecule has 0 bridgehead atoms. The molecule has 0 radical (unpaired) electrons. The summed E-state index contributed by atoms with van der Waals surface area (Å²) in [7, 11) is 0. The van der Waals surface area contributed by atoms with E-state index in [1.807, 2.05) is 26.0 Å². The first-order chi connectivity index (χ1) is 11.0. The number of hydrogen-bond donors (Lipinski definition) is 1. The molecule has 1 saturated heterocycles. The van der Waals surface area contributed by atoms with Crippen LogP contribution in [0.25, 0.3) is 11.4 Å². The summed E-state index contributed by atoms with van der Waals surface area (Å²) in [5, 5.41) is 8.97. The molecule has 0 aliphatic carbocycles. The molecule has 23 heavy (non-hydrogen) atoms. The van der Waals surface area contributed by atoms with E-state index in [1.165, 1.54) is 0 Å². The molecular weight excluding hydrogens is 292 g/mol. The monoisotopic (exact) mass is 312 g/mol. The molecule has 0 saturated carbocycles. The molecule has 1 unspecified atom stereocenters. The summed E-state index contributed by atoms with van der Waals surface area (Å²) in [6.07, 6.45) is 4.56. The highest BCUT2D eigenvalue weighted by Gasteiger charge is 2.27. The summed E-state index contributed by atoms with van der Waals surface area (Å²) in [4.78, 5) is 26.4.